The fourth-order valence-electron chi connectivity index (χ4n) is 2.55. The molecule has 4 nitrogen and oxygen atoms in total. The summed E-state index contributed by atoms with van der Waals surface area (Å²) >= 11 is 0. The summed E-state index contributed by atoms with van der Waals surface area (Å²) in [5, 5.41) is 15.7. The molecule has 1 aliphatic rings. The van der Waals surface area contributed by atoms with E-state index in [-0.39, 0.29) is 17.8 Å². The number of nitrogens with one attached hydrogen (secondary N) is 1. The van der Waals surface area contributed by atoms with Crippen molar-refractivity contribution in [3.8, 4) is 6.07 Å². The van der Waals surface area contributed by atoms with E-state index in [2.05, 4.69) is 10.4 Å². The second-order valence-corrected chi connectivity index (χ2v) is 4.86. The zero-order valence-corrected chi connectivity index (χ0v) is 10.8. The van der Waals surface area contributed by atoms with E-state index in [1.807, 2.05) is 6.07 Å². The smallest absolute Gasteiger partial charge is 0.362 e. The predicted molar refractivity (Wildman–Crippen MR) is 69.5 cm³/mol. The number of fused-ring (bicyclic) bond motifs is 1. The summed E-state index contributed by atoms with van der Waals surface area (Å²) in [6.07, 6.45) is -3.41. The highest BCUT2D eigenvalue weighted by atomic mass is 19.4. The Labute approximate surface area is 118 Å². The first-order chi connectivity index (χ1) is 10.0. The van der Waals surface area contributed by atoms with Crippen molar-refractivity contribution in [3.05, 3.63) is 47.7 Å². The minimum atomic E-state index is -4.41. The number of benzene rings is 1. The van der Waals surface area contributed by atoms with Crippen molar-refractivity contribution in [2.24, 2.45) is 0 Å². The quantitative estimate of drug-likeness (QED) is 0.876. The number of hydrogen-bond acceptors (Lipinski definition) is 3. The van der Waals surface area contributed by atoms with E-state index < -0.39 is 18.3 Å². The molecule has 0 spiro atoms. The van der Waals surface area contributed by atoms with Crippen molar-refractivity contribution in [3.63, 3.8) is 0 Å². The molecule has 0 bridgehead atoms. The minimum Gasteiger partial charge on any atom is -0.362 e. The lowest BCUT2D eigenvalue weighted by molar-refractivity contribution is -0.173. The van der Waals surface area contributed by atoms with Crippen molar-refractivity contribution < 1.29 is 13.2 Å². The maximum absolute atomic E-state index is 13.3. The normalized spacial score (nSPS) is 21.2. The van der Waals surface area contributed by atoms with E-state index >= 15 is 0 Å². The lowest BCUT2D eigenvalue weighted by Gasteiger charge is -2.33. The Bertz CT molecular complexity index is 684. The first-order valence-electron chi connectivity index (χ1n) is 6.36. The van der Waals surface area contributed by atoms with Crippen LogP contribution >= 0.6 is 0 Å². The Morgan fingerprint density at radius 1 is 1.29 bits per heavy atom. The van der Waals surface area contributed by atoms with Gasteiger partial charge in [-0.2, -0.15) is 23.5 Å². The molecular formula is C14H11F3N4. The van der Waals surface area contributed by atoms with Crippen molar-refractivity contribution in [1.29, 1.82) is 5.26 Å². The van der Waals surface area contributed by atoms with Crippen LogP contribution in [0.5, 0.6) is 0 Å². The molecule has 0 aliphatic carbocycles. The monoisotopic (exact) mass is 292 g/mol. The van der Waals surface area contributed by atoms with E-state index in [0.717, 1.165) is 16.4 Å². The van der Waals surface area contributed by atoms with Gasteiger partial charge in [0.05, 0.1) is 12.2 Å². The van der Waals surface area contributed by atoms with Crippen molar-refractivity contribution in [2.75, 3.05) is 5.32 Å². The Hall–Kier alpha value is -2.49. The third-order valence-electron chi connectivity index (χ3n) is 3.56. The molecule has 2 aromatic rings. The molecule has 2 atom stereocenters. The largest absolute Gasteiger partial charge is 0.410 e. The molecule has 0 fully saturated rings. The summed E-state index contributed by atoms with van der Waals surface area (Å²) in [4.78, 5) is 0. The Morgan fingerprint density at radius 3 is 2.62 bits per heavy atom. The van der Waals surface area contributed by atoms with Gasteiger partial charge < -0.3 is 5.32 Å². The van der Waals surface area contributed by atoms with Crippen molar-refractivity contribution in [2.45, 2.75) is 24.7 Å². The topological polar surface area (TPSA) is 53.6 Å². The van der Waals surface area contributed by atoms with Crippen LogP contribution in [-0.4, -0.2) is 16.0 Å². The van der Waals surface area contributed by atoms with Gasteiger partial charge in [-0.05, 0) is 5.56 Å². The van der Waals surface area contributed by atoms with E-state index in [4.69, 9.17) is 5.26 Å². The summed E-state index contributed by atoms with van der Waals surface area (Å²) in [6.45, 7) is 0. The number of alkyl halides is 3. The Kier molecular flexibility index (Phi) is 3.09. The van der Waals surface area contributed by atoms with Crippen molar-refractivity contribution in [1.82, 2.24) is 9.78 Å². The molecule has 1 aliphatic heterocycles. The van der Waals surface area contributed by atoms with Crippen LogP contribution in [0.2, 0.25) is 0 Å². The molecule has 21 heavy (non-hydrogen) atoms. The number of aromatic nitrogens is 2. The van der Waals surface area contributed by atoms with Gasteiger partial charge in [-0.3, -0.25) is 0 Å². The van der Waals surface area contributed by atoms with E-state index in [1.165, 1.54) is 0 Å². The third-order valence-corrected chi connectivity index (χ3v) is 3.56. The van der Waals surface area contributed by atoms with Crippen LogP contribution in [-0.2, 0) is 0 Å². The molecule has 3 rings (SSSR count). The fraction of sp³-hybridized carbons (Fsp3) is 0.286. The highest BCUT2D eigenvalue weighted by molar-refractivity contribution is 5.54. The van der Waals surface area contributed by atoms with Gasteiger partial charge in [0.25, 0.3) is 0 Å². The van der Waals surface area contributed by atoms with Crippen LogP contribution < -0.4 is 5.32 Å². The number of hydrogen-bond donors (Lipinski definition) is 1. The molecule has 0 radical (unpaired) electrons. The van der Waals surface area contributed by atoms with Gasteiger partial charge in [-0.15, -0.1) is 0 Å². The van der Waals surface area contributed by atoms with Crippen LogP contribution in [0.4, 0.5) is 19.0 Å². The summed E-state index contributed by atoms with van der Waals surface area (Å²) in [7, 11) is 0. The van der Waals surface area contributed by atoms with E-state index in [1.54, 1.807) is 30.3 Å². The lowest BCUT2D eigenvalue weighted by atomic mass is 9.97. The predicted octanol–water partition coefficient (Wildman–Crippen LogP) is 3.42. The van der Waals surface area contributed by atoms with Gasteiger partial charge in [0, 0.05) is 6.42 Å². The van der Waals surface area contributed by atoms with Crippen LogP contribution in [0.25, 0.3) is 0 Å². The third kappa shape index (κ3) is 2.33. The van der Waals surface area contributed by atoms with Gasteiger partial charge in [-0.1, -0.05) is 30.3 Å². The molecule has 108 valence electrons. The molecule has 0 unspecified atom stereocenters. The highest BCUT2D eigenvalue weighted by Gasteiger charge is 2.46. The Balaban J connectivity index is 2.05. The molecule has 1 aromatic carbocycles. The molecule has 7 heteroatoms. The van der Waals surface area contributed by atoms with Gasteiger partial charge >= 0.3 is 6.18 Å². The van der Waals surface area contributed by atoms with E-state index in [9.17, 15) is 13.2 Å². The Morgan fingerprint density at radius 2 is 2.00 bits per heavy atom. The first-order valence-corrected chi connectivity index (χ1v) is 6.36. The average molecular weight is 292 g/mol. The van der Waals surface area contributed by atoms with Crippen LogP contribution in [0.1, 0.15) is 29.6 Å². The van der Waals surface area contributed by atoms with Gasteiger partial charge in [0.1, 0.15) is 17.5 Å². The standard InChI is InChI=1S/C14H11F3N4/c15-14(16,17)12-6-11(9-4-2-1-3-5-9)20-13-10(7-18)8-19-21(12)13/h1-5,8,11-12,20H,6H2/t11-,12+/m1/s1. The average Bonchev–Trinajstić information content (AvgIpc) is 2.89. The van der Waals surface area contributed by atoms with Crippen LogP contribution in [0.3, 0.4) is 0 Å². The maximum Gasteiger partial charge on any atom is 0.410 e. The number of rotatable bonds is 1. The van der Waals surface area contributed by atoms with Gasteiger partial charge in [-0.25, -0.2) is 4.68 Å². The number of nitrogens with zero attached hydrogens (tertiary/aromatic N) is 3. The minimum absolute atomic E-state index is 0.116. The van der Waals surface area contributed by atoms with Gasteiger partial charge in [0.15, 0.2) is 6.04 Å². The lowest BCUT2D eigenvalue weighted by Crippen LogP contribution is -2.35. The summed E-state index contributed by atoms with van der Waals surface area (Å²) in [6, 6.07) is 8.51. The van der Waals surface area contributed by atoms with Crippen LogP contribution in [0.15, 0.2) is 36.5 Å². The SMILES string of the molecule is N#Cc1cnn2c1N[C@@H](c1ccccc1)C[C@H]2C(F)(F)F. The second kappa shape index (κ2) is 4.81. The summed E-state index contributed by atoms with van der Waals surface area (Å²) in [5.74, 6) is 0.125. The number of halogens is 3. The van der Waals surface area contributed by atoms with Gasteiger partial charge in [0.2, 0.25) is 0 Å². The number of nitriles is 1. The maximum atomic E-state index is 13.3. The zero-order valence-electron chi connectivity index (χ0n) is 10.8. The first kappa shape index (κ1) is 13.5. The molecule has 1 aromatic heterocycles. The summed E-state index contributed by atoms with van der Waals surface area (Å²) < 4.78 is 40.6. The molecule has 0 saturated carbocycles. The molecular weight excluding hydrogens is 281 g/mol. The number of anilines is 1. The highest BCUT2D eigenvalue weighted by Crippen LogP contribution is 2.44. The molecule has 2 heterocycles. The molecule has 1 N–H and O–H groups in total. The fourth-order valence-corrected chi connectivity index (χ4v) is 2.55. The zero-order chi connectivity index (χ0) is 15.0. The molecule has 0 amide bonds. The van der Waals surface area contributed by atoms with Crippen molar-refractivity contribution >= 4 is 5.82 Å². The molecule has 0 saturated heterocycles. The summed E-state index contributed by atoms with van der Waals surface area (Å²) in [5.41, 5.74) is 0.868. The van der Waals surface area contributed by atoms with E-state index in [0.29, 0.717) is 0 Å². The van der Waals surface area contributed by atoms with Crippen LogP contribution in [0, 0.1) is 11.3 Å². The second-order valence-electron chi connectivity index (χ2n) is 4.86.